The molecule has 1 aromatic rings. The molecule has 0 aromatic carbocycles. The van der Waals surface area contributed by atoms with Gasteiger partial charge in [0.25, 0.3) is 0 Å². The van der Waals surface area contributed by atoms with Gasteiger partial charge >= 0.3 is 5.97 Å². The zero-order valence-corrected chi connectivity index (χ0v) is 13.1. The summed E-state index contributed by atoms with van der Waals surface area (Å²) in [5, 5.41) is 0.756. The summed E-state index contributed by atoms with van der Waals surface area (Å²) >= 11 is 1.53. The number of ether oxygens (including phenoxy) is 1. The highest BCUT2D eigenvalue weighted by molar-refractivity contribution is 8.00. The van der Waals surface area contributed by atoms with Crippen LogP contribution in [0.3, 0.4) is 0 Å². The van der Waals surface area contributed by atoms with Crippen LogP contribution in [0.25, 0.3) is 0 Å². The molecular weight excluding hydrogens is 270 g/mol. The lowest BCUT2D eigenvalue weighted by atomic mass is 9.78. The first kappa shape index (κ1) is 15.4. The first-order valence-electron chi connectivity index (χ1n) is 7.36. The lowest BCUT2D eigenvalue weighted by Crippen LogP contribution is -2.27. The summed E-state index contributed by atoms with van der Waals surface area (Å²) in [6.45, 7) is 2.31. The third-order valence-electron chi connectivity index (χ3n) is 4.17. The SMILES string of the molecule is COC(=O)C(C[C@H]1CCCC[C@@H]1C)Sc1ccccn1. The summed E-state index contributed by atoms with van der Waals surface area (Å²) in [5.41, 5.74) is 0. The Bertz CT molecular complexity index is 424. The Morgan fingerprint density at radius 1 is 1.45 bits per heavy atom. The first-order chi connectivity index (χ1) is 9.70. The quantitative estimate of drug-likeness (QED) is 0.609. The standard InChI is InChI=1S/C16H23NO2S/c1-12-7-3-4-8-13(12)11-14(16(18)19-2)20-15-9-5-6-10-17-15/h5-6,9-10,12-14H,3-4,7-8,11H2,1-2H3/t12-,13+,14?/m0/s1. The van der Waals surface area contributed by atoms with Gasteiger partial charge < -0.3 is 4.74 Å². The van der Waals surface area contributed by atoms with Gasteiger partial charge in [-0.25, -0.2) is 4.98 Å². The van der Waals surface area contributed by atoms with Gasteiger partial charge in [0.1, 0.15) is 5.25 Å². The Kier molecular flexibility index (Phi) is 5.89. The second-order valence-corrected chi connectivity index (χ2v) is 6.78. The van der Waals surface area contributed by atoms with Gasteiger partial charge in [0.2, 0.25) is 0 Å². The maximum absolute atomic E-state index is 12.0. The molecule has 1 aliphatic rings. The molecule has 1 aliphatic carbocycles. The molecule has 1 heterocycles. The summed E-state index contributed by atoms with van der Waals surface area (Å²) < 4.78 is 4.97. The van der Waals surface area contributed by atoms with Crippen LogP contribution in [0, 0.1) is 11.8 Å². The molecule has 0 N–H and O–H groups in total. The molecule has 3 atom stereocenters. The Morgan fingerprint density at radius 2 is 2.25 bits per heavy atom. The molecule has 1 fully saturated rings. The lowest BCUT2D eigenvalue weighted by molar-refractivity contribution is -0.140. The predicted octanol–water partition coefficient (Wildman–Crippen LogP) is 3.93. The van der Waals surface area contributed by atoms with E-state index in [0.29, 0.717) is 11.8 Å². The van der Waals surface area contributed by atoms with E-state index in [-0.39, 0.29) is 11.2 Å². The van der Waals surface area contributed by atoms with Crippen LogP contribution < -0.4 is 0 Å². The Labute approximate surface area is 125 Å². The van der Waals surface area contributed by atoms with Crippen molar-refractivity contribution in [1.82, 2.24) is 4.98 Å². The number of carbonyl (C=O) groups is 1. The molecule has 1 aromatic heterocycles. The molecule has 20 heavy (non-hydrogen) atoms. The van der Waals surface area contributed by atoms with Crippen LogP contribution in [0.1, 0.15) is 39.0 Å². The van der Waals surface area contributed by atoms with E-state index in [2.05, 4.69) is 11.9 Å². The molecule has 0 aliphatic heterocycles. The number of hydrogen-bond donors (Lipinski definition) is 0. The molecular formula is C16H23NO2S. The number of carbonyl (C=O) groups excluding carboxylic acids is 1. The normalized spacial score (nSPS) is 24.1. The van der Waals surface area contributed by atoms with Gasteiger partial charge in [0.15, 0.2) is 0 Å². The zero-order valence-electron chi connectivity index (χ0n) is 12.2. The molecule has 0 spiro atoms. The van der Waals surface area contributed by atoms with Crippen LogP contribution in [0.15, 0.2) is 29.4 Å². The van der Waals surface area contributed by atoms with Crippen LogP contribution in [0.4, 0.5) is 0 Å². The van der Waals surface area contributed by atoms with Crippen LogP contribution in [-0.2, 0) is 9.53 Å². The fourth-order valence-corrected chi connectivity index (χ4v) is 4.01. The van der Waals surface area contributed by atoms with E-state index in [1.807, 2.05) is 18.2 Å². The number of aromatic nitrogens is 1. The summed E-state index contributed by atoms with van der Waals surface area (Å²) in [6.07, 6.45) is 7.80. The second kappa shape index (κ2) is 7.67. The third-order valence-corrected chi connectivity index (χ3v) is 5.32. The highest BCUT2D eigenvalue weighted by Crippen LogP contribution is 2.36. The Morgan fingerprint density at radius 3 is 2.90 bits per heavy atom. The molecule has 2 rings (SSSR count). The molecule has 1 saturated carbocycles. The molecule has 0 saturated heterocycles. The van der Waals surface area contributed by atoms with E-state index in [1.165, 1.54) is 44.6 Å². The fraction of sp³-hybridized carbons (Fsp3) is 0.625. The number of esters is 1. The van der Waals surface area contributed by atoms with Crippen molar-refractivity contribution < 1.29 is 9.53 Å². The molecule has 0 bridgehead atoms. The van der Waals surface area contributed by atoms with Gasteiger partial charge in [0, 0.05) is 6.20 Å². The second-order valence-electron chi connectivity index (χ2n) is 5.56. The van der Waals surface area contributed by atoms with E-state index in [1.54, 1.807) is 6.20 Å². The van der Waals surface area contributed by atoms with Crippen molar-refractivity contribution in [2.45, 2.75) is 49.3 Å². The fourth-order valence-electron chi connectivity index (χ4n) is 2.90. The Hall–Kier alpha value is -1.03. The molecule has 0 radical (unpaired) electrons. The van der Waals surface area contributed by atoms with Gasteiger partial charge in [0.05, 0.1) is 12.1 Å². The van der Waals surface area contributed by atoms with E-state index in [0.717, 1.165) is 11.4 Å². The van der Waals surface area contributed by atoms with Crippen LogP contribution in [-0.4, -0.2) is 23.3 Å². The van der Waals surface area contributed by atoms with E-state index in [4.69, 9.17) is 4.74 Å². The highest BCUT2D eigenvalue weighted by Gasteiger charge is 2.29. The van der Waals surface area contributed by atoms with Crippen LogP contribution >= 0.6 is 11.8 Å². The summed E-state index contributed by atoms with van der Waals surface area (Å²) in [5.74, 6) is 1.21. The monoisotopic (exact) mass is 293 g/mol. The van der Waals surface area contributed by atoms with Crippen molar-refractivity contribution in [2.24, 2.45) is 11.8 Å². The first-order valence-corrected chi connectivity index (χ1v) is 8.24. The van der Waals surface area contributed by atoms with Crippen molar-refractivity contribution in [3.05, 3.63) is 24.4 Å². The molecule has 3 nitrogen and oxygen atoms in total. The van der Waals surface area contributed by atoms with E-state index < -0.39 is 0 Å². The molecule has 110 valence electrons. The topological polar surface area (TPSA) is 39.2 Å². The summed E-state index contributed by atoms with van der Waals surface area (Å²) in [6, 6.07) is 5.79. The number of methoxy groups -OCH3 is 1. The lowest BCUT2D eigenvalue weighted by Gasteiger charge is -2.30. The predicted molar refractivity (Wildman–Crippen MR) is 81.6 cm³/mol. The van der Waals surface area contributed by atoms with Crippen molar-refractivity contribution in [3.63, 3.8) is 0 Å². The average molecular weight is 293 g/mol. The van der Waals surface area contributed by atoms with Crippen molar-refractivity contribution in [1.29, 1.82) is 0 Å². The highest BCUT2D eigenvalue weighted by atomic mass is 32.2. The number of thioether (sulfide) groups is 1. The van der Waals surface area contributed by atoms with Gasteiger partial charge in [-0.15, -0.1) is 0 Å². The zero-order chi connectivity index (χ0) is 14.4. The smallest absolute Gasteiger partial charge is 0.319 e. The van der Waals surface area contributed by atoms with E-state index in [9.17, 15) is 4.79 Å². The summed E-state index contributed by atoms with van der Waals surface area (Å²) in [4.78, 5) is 16.3. The Balaban J connectivity index is 2.01. The van der Waals surface area contributed by atoms with Crippen molar-refractivity contribution in [2.75, 3.05) is 7.11 Å². The minimum Gasteiger partial charge on any atom is -0.468 e. The maximum atomic E-state index is 12.0. The number of pyridine rings is 1. The molecule has 4 heteroatoms. The summed E-state index contributed by atoms with van der Waals surface area (Å²) in [7, 11) is 1.47. The largest absolute Gasteiger partial charge is 0.468 e. The van der Waals surface area contributed by atoms with Gasteiger partial charge in [-0.1, -0.05) is 50.4 Å². The molecule has 0 amide bonds. The van der Waals surface area contributed by atoms with Gasteiger partial charge in [-0.2, -0.15) is 0 Å². The number of rotatable bonds is 5. The third kappa shape index (κ3) is 4.23. The van der Waals surface area contributed by atoms with Crippen molar-refractivity contribution in [3.8, 4) is 0 Å². The minimum absolute atomic E-state index is 0.126. The van der Waals surface area contributed by atoms with Crippen molar-refractivity contribution >= 4 is 17.7 Å². The van der Waals surface area contributed by atoms with Crippen LogP contribution in [0.2, 0.25) is 0 Å². The minimum atomic E-state index is -0.138. The maximum Gasteiger partial charge on any atom is 0.319 e. The number of nitrogens with zero attached hydrogens (tertiary/aromatic N) is 1. The van der Waals surface area contributed by atoms with Gasteiger partial charge in [-0.05, 0) is 30.4 Å². The van der Waals surface area contributed by atoms with Gasteiger partial charge in [-0.3, -0.25) is 4.79 Å². The number of hydrogen-bond acceptors (Lipinski definition) is 4. The molecule has 1 unspecified atom stereocenters. The average Bonchev–Trinajstić information content (AvgIpc) is 2.49. The van der Waals surface area contributed by atoms with E-state index >= 15 is 0 Å². The van der Waals surface area contributed by atoms with Crippen LogP contribution in [0.5, 0.6) is 0 Å².